The van der Waals surface area contributed by atoms with Crippen LogP contribution in [0.1, 0.15) is 12.5 Å². The maximum Gasteiger partial charge on any atom is 0.129 e. The summed E-state index contributed by atoms with van der Waals surface area (Å²) in [6, 6.07) is 10.3. The summed E-state index contributed by atoms with van der Waals surface area (Å²) in [6.45, 7) is 8.62. The van der Waals surface area contributed by atoms with Gasteiger partial charge in [0.05, 0.1) is 0 Å². The first-order chi connectivity index (χ1) is 7.88. The average molecular weight is 246 g/mol. The maximum atomic E-state index is 9.99. The second kappa shape index (κ2) is 6.04. The van der Waals surface area contributed by atoms with E-state index >= 15 is 0 Å². The summed E-state index contributed by atoms with van der Waals surface area (Å²) < 4.78 is 0. The van der Waals surface area contributed by atoms with E-state index in [4.69, 9.17) is 0 Å². The average Bonchev–Trinajstić information content (AvgIpc) is 2.26. The van der Waals surface area contributed by atoms with E-state index in [1.165, 1.54) is 5.56 Å². The first-order valence-corrected chi connectivity index (χ1v) is 9.63. The fourth-order valence-corrected chi connectivity index (χ4v) is 2.11. The van der Waals surface area contributed by atoms with E-state index in [-0.39, 0.29) is 5.92 Å². The standard InChI is InChI=1S/C15H22OSi/c1-13(12-14-8-6-5-7-9-14)15(16)10-11-17(2,3)4/h5-9,13,15-16H,12H2,1-4H3/t13-,15+/m1/s1. The Morgan fingerprint density at radius 2 is 1.76 bits per heavy atom. The Kier molecular flexibility index (Phi) is 4.98. The van der Waals surface area contributed by atoms with Crippen LogP contribution in [-0.4, -0.2) is 19.3 Å². The molecule has 0 saturated carbocycles. The maximum absolute atomic E-state index is 9.99. The predicted octanol–water partition coefficient (Wildman–Crippen LogP) is 3.11. The van der Waals surface area contributed by atoms with Crippen LogP contribution in [0.2, 0.25) is 19.6 Å². The smallest absolute Gasteiger partial charge is 0.129 e. The minimum absolute atomic E-state index is 0.182. The second-order valence-corrected chi connectivity index (χ2v) is 10.4. The summed E-state index contributed by atoms with van der Waals surface area (Å²) in [5.41, 5.74) is 4.49. The number of benzene rings is 1. The molecule has 1 aromatic rings. The fraction of sp³-hybridized carbons (Fsp3) is 0.467. The van der Waals surface area contributed by atoms with Crippen molar-refractivity contribution in [3.05, 3.63) is 35.9 Å². The molecule has 2 heteroatoms. The lowest BCUT2D eigenvalue weighted by Gasteiger charge is -2.14. The fourth-order valence-electron chi connectivity index (χ4n) is 1.53. The van der Waals surface area contributed by atoms with Crippen molar-refractivity contribution in [3.63, 3.8) is 0 Å². The van der Waals surface area contributed by atoms with Crippen molar-refractivity contribution >= 4 is 8.07 Å². The zero-order valence-corrected chi connectivity index (χ0v) is 12.2. The van der Waals surface area contributed by atoms with Gasteiger partial charge >= 0.3 is 0 Å². The Bertz CT molecular complexity index is 394. The number of hydrogen-bond donors (Lipinski definition) is 1. The molecular formula is C15H22OSi. The van der Waals surface area contributed by atoms with Gasteiger partial charge in [0.15, 0.2) is 0 Å². The van der Waals surface area contributed by atoms with Crippen LogP contribution < -0.4 is 0 Å². The largest absolute Gasteiger partial charge is 0.380 e. The van der Waals surface area contributed by atoms with Crippen molar-refractivity contribution in [2.75, 3.05) is 0 Å². The Balaban J connectivity index is 2.58. The van der Waals surface area contributed by atoms with E-state index in [0.29, 0.717) is 0 Å². The van der Waals surface area contributed by atoms with Gasteiger partial charge in [0, 0.05) is 0 Å². The van der Waals surface area contributed by atoms with Gasteiger partial charge in [0.25, 0.3) is 0 Å². The molecule has 1 N–H and O–H groups in total. The third-order valence-corrected chi connectivity index (χ3v) is 3.43. The van der Waals surface area contributed by atoms with Crippen molar-refractivity contribution in [1.29, 1.82) is 0 Å². The lowest BCUT2D eigenvalue weighted by Crippen LogP contribution is -2.21. The number of aliphatic hydroxyl groups is 1. The molecule has 0 bridgehead atoms. The zero-order chi connectivity index (χ0) is 12.9. The molecule has 0 spiro atoms. The molecule has 0 fully saturated rings. The Morgan fingerprint density at radius 3 is 2.29 bits per heavy atom. The summed E-state index contributed by atoms with van der Waals surface area (Å²) in [4.78, 5) is 0. The first-order valence-electron chi connectivity index (χ1n) is 6.13. The van der Waals surface area contributed by atoms with Gasteiger partial charge in [-0.3, -0.25) is 0 Å². The van der Waals surface area contributed by atoms with Crippen LogP contribution in [-0.2, 0) is 6.42 Å². The van der Waals surface area contributed by atoms with Gasteiger partial charge in [0.1, 0.15) is 14.2 Å². The zero-order valence-electron chi connectivity index (χ0n) is 11.2. The van der Waals surface area contributed by atoms with Crippen LogP contribution in [0.15, 0.2) is 30.3 Å². The van der Waals surface area contributed by atoms with Crippen LogP contribution in [0.5, 0.6) is 0 Å². The highest BCUT2D eigenvalue weighted by molar-refractivity contribution is 6.83. The molecule has 1 aromatic carbocycles. The topological polar surface area (TPSA) is 20.2 Å². The van der Waals surface area contributed by atoms with E-state index in [2.05, 4.69) is 50.2 Å². The molecule has 0 amide bonds. The molecule has 92 valence electrons. The molecule has 17 heavy (non-hydrogen) atoms. The monoisotopic (exact) mass is 246 g/mol. The molecule has 0 aromatic heterocycles. The molecule has 0 heterocycles. The van der Waals surface area contributed by atoms with Crippen LogP contribution in [0, 0.1) is 17.4 Å². The summed E-state index contributed by atoms with van der Waals surface area (Å²) in [7, 11) is -1.38. The highest BCUT2D eigenvalue weighted by Crippen LogP contribution is 2.12. The van der Waals surface area contributed by atoms with Gasteiger partial charge < -0.3 is 5.11 Å². The normalized spacial score (nSPS) is 14.6. The van der Waals surface area contributed by atoms with Crippen molar-refractivity contribution in [2.24, 2.45) is 5.92 Å². The van der Waals surface area contributed by atoms with Gasteiger partial charge in [-0.15, -0.1) is 5.54 Å². The SMILES string of the molecule is C[C@H](Cc1ccccc1)[C@@H](O)C#C[Si](C)(C)C. The van der Waals surface area contributed by atoms with Gasteiger partial charge in [0.2, 0.25) is 0 Å². The van der Waals surface area contributed by atoms with Crippen LogP contribution in [0.25, 0.3) is 0 Å². The Labute approximate surface area is 106 Å². The molecule has 2 atom stereocenters. The minimum atomic E-state index is -1.38. The van der Waals surface area contributed by atoms with Crippen molar-refractivity contribution in [3.8, 4) is 11.5 Å². The lowest BCUT2D eigenvalue weighted by atomic mass is 9.96. The Morgan fingerprint density at radius 1 is 1.18 bits per heavy atom. The number of aliphatic hydroxyl groups excluding tert-OH is 1. The molecule has 0 aliphatic heterocycles. The molecule has 1 rings (SSSR count). The van der Waals surface area contributed by atoms with Gasteiger partial charge in [-0.05, 0) is 17.9 Å². The summed E-state index contributed by atoms with van der Waals surface area (Å²) in [5.74, 6) is 3.19. The van der Waals surface area contributed by atoms with Gasteiger partial charge in [-0.1, -0.05) is 62.8 Å². The van der Waals surface area contributed by atoms with E-state index in [9.17, 15) is 5.11 Å². The van der Waals surface area contributed by atoms with E-state index in [0.717, 1.165) is 6.42 Å². The summed E-state index contributed by atoms with van der Waals surface area (Å²) >= 11 is 0. The summed E-state index contributed by atoms with van der Waals surface area (Å²) in [6.07, 6.45) is 0.365. The molecule has 0 radical (unpaired) electrons. The van der Waals surface area contributed by atoms with Crippen LogP contribution in [0.3, 0.4) is 0 Å². The third-order valence-electron chi connectivity index (χ3n) is 2.53. The molecule has 0 saturated heterocycles. The van der Waals surface area contributed by atoms with Crippen molar-refractivity contribution < 1.29 is 5.11 Å². The highest BCUT2D eigenvalue weighted by atomic mass is 28.3. The Hall–Kier alpha value is -1.04. The highest BCUT2D eigenvalue weighted by Gasteiger charge is 2.14. The molecule has 0 aliphatic rings. The first kappa shape index (κ1) is 14.0. The third kappa shape index (κ3) is 5.72. The molecule has 1 nitrogen and oxygen atoms in total. The molecular weight excluding hydrogens is 224 g/mol. The van der Waals surface area contributed by atoms with Crippen LogP contribution >= 0.6 is 0 Å². The number of hydrogen-bond acceptors (Lipinski definition) is 1. The minimum Gasteiger partial charge on any atom is -0.380 e. The van der Waals surface area contributed by atoms with E-state index in [1.807, 2.05) is 18.2 Å². The predicted molar refractivity (Wildman–Crippen MR) is 76.4 cm³/mol. The lowest BCUT2D eigenvalue weighted by molar-refractivity contribution is 0.171. The van der Waals surface area contributed by atoms with Crippen molar-refractivity contribution in [2.45, 2.75) is 39.1 Å². The quantitative estimate of drug-likeness (QED) is 0.642. The van der Waals surface area contributed by atoms with E-state index < -0.39 is 14.2 Å². The van der Waals surface area contributed by atoms with E-state index in [1.54, 1.807) is 0 Å². The van der Waals surface area contributed by atoms with Gasteiger partial charge in [-0.2, -0.15) is 0 Å². The second-order valence-electron chi connectivity index (χ2n) is 5.63. The molecule has 0 aliphatic carbocycles. The van der Waals surface area contributed by atoms with Crippen LogP contribution in [0.4, 0.5) is 0 Å². The summed E-state index contributed by atoms with van der Waals surface area (Å²) in [5, 5.41) is 9.99. The van der Waals surface area contributed by atoms with Crippen molar-refractivity contribution in [1.82, 2.24) is 0 Å². The number of rotatable bonds is 3. The molecule has 0 unspecified atom stereocenters. The van der Waals surface area contributed by atoms with Gasteiger partial charge in [-0.25, -0.2) is 0 Å².